The first-order valence-electron chi connectivity index (χ1n) is 7.15. The Kier molecular flexibility index (Phi) is 3.17. The Labute approximate surface area is 137 Å². The molecule has 0 aliphatic rings. The maximum absolute atomic E-state index is 6.38. The summed E-state index contributed by atoms with van der Waals surface area (Å²) < 4.78 is 3.31. The lowest BCUT2D eigenvalue weighted by atomic mass is 10.1. The average molecular weight is 328 g/mol. The topological polar surface area (TPSA) is 30.2 Å². The van der Waals surface area contributed by atoms with Gasteiger partial charge in [0.25, 0.3) is 0 Å². The van der Waals surface area contributed by atoms with Crippen LogP contribution >= 0.6 is 22.9 Å². The molecule has 0 saturated carbocycles. The lowest BCUT2D eigenvalue weighted by Crippen LogP contribution is -1.99. The van der Waals surface area contributed by atoms with Gasteiger partial charge in [-0.15, -0.1) is 11.3 Å². The molecule has 0 saturated heterocycles. The molecule has 4 aromatic rings. The van der Waals surface area contributed by atoms with Crippen molar-refractivity contribution in [1.29, 1.82) is 0 Å². The zero-order chi connectivity index (χ0) is 15.3. The van der Waals surface area contributed by atoms with Gasteiger partial charge in [-0.3, -0.25) is 4.40 Å². The Morgan fingerprint density at radius 2 is 2.05 bits per heavy atom. The first-order valence-corrected chi connectivity index (χ1v) is 8.41. The summed E-state index contributed by atoms with van der Waals surface area (Å²) in [4.78, 5) is 9.06. The Morgan fingerprint density at radius 3 is 2.86 bits per heavy atom. The molecule has 22 heavy (non-hydrogen) atoms. The average Bonchev–Trinajstić information content (AvgIpc) is 3.11. The van der Waals surface area contributed by atoms with Gasteiger partial charge < -0.3 is 0 Å². The molecule has 0 radical (unpaired) electrons. The molecular formula is C17H14ClN3S. The predicted molar refractivity (Wildman–Crippen MR) is 92.9 cm³/mol. The van der Waals surface area contributed by atoms with Crippen molar-refractivity contribution < 1.29 is 0 Å². The summed E-state index contributed by atoms with van der Waals surface area (Å²) >= 11 is 8.10. The van der Waals surface area contributed by atoms with Crippen molar-refractivity contribution in [3.05, 3.63) is 53.0 Å². The third-order valence-electron chi connectivity index (χ3n) is 3.78. The van der Waals surface area contributed by atoms with E-state index in [4.69, 9.17) is 11.6 Å². The van der Waals surface area contributed by atoms with E-state index in [1.165, 1.54) is 10.1 Å². The van der Waals surface area contributed by atoms with Crippen LogP contribution in [-0.4, -0.2) is 14.4 Å². The zero-order valence-electron chi connectivity index (χ0n) is 12.2. The summed E-state index contributed by atoms with van der Waals surface area (Å²) in [6.45, 7) is 4.26. The van der Waals surface area contributed by atoms with Crippen LogP contribution < -0.4 is 0 Å². The quantitative estimate of drug-likeness (QED) is 0.494. The maximum atomic E-state index is 6.38. The highest BCUT2D eigenvalue weighted by Gasteiger charge is 2.15. The van der Waals surface area contributed by atoms with E-state index in [1.807, 2.05) is 6.20 Å². The first-order chi connectivity index (χ1) is 10.6. The third-order valence-corrected chi connectivity index (χ3v) is 5.02. The third kappa shape index (κ3) is 2.02. The fourth-order valence-electron chi connectivity index (χ4n) is 2.71. The number of fused-ring (bicyclic) bond motifs is 2. The van der Waals surface area contributed by atoms with Crippen molar-refractivity contribution in [2.24, 2.45) is 0 Å². The van der Waals surface area contributed by atoms with E-state index in [-0.39, 0.29) is 0 Å². The molecule has 0 fully saturated rings. The van der Waals surface area contributed by atoms with E-state index in [1.54, 1.807) is 17.5 Å². The van der Waals surface area contributed by atoms with Crippen LogP contribution in [0.3, 0.4) is 0 Å². The molecule has 4 rings (SSSR count). The number of rotatable bonds is 2. The van der Waals surface area contributed by atoms with Crippen LogP contribution in [0.1, 0.15) is 25.6 Å². The summed E-state index contributed by atoms with van der Waals surface area (Å²) in [5, 5.41) is 3.84. The smallest absolute Gasteiger partial charge is 0.155 e. The minimum atomic E-state index is 0.327. The highest BCUT2D eigenvalue weighted by molar-refractivity contribution is 7.17. The van der Waals surface area contributed by atoms with Crippen molar-refractivity contribution >= 4 is 38.5 Å². The molecule has 0 aliphatic heterocycles. The van der Waals surface area contributed by atoms with Crippen molar-refractivity contribution in [3.63, 3.8) is 0 Å². The van der Waals surface area contributed by atoms with Gasteiger partial charge in [0.2, 0.25) is 0 Å². The molecule has 110 valence electrons. The van der Waals surface area contributed by atoms with Gasteiger partial charge in [0.05, 0.1) is 11.9 Å². The summed E-state index contributed by atoms with van der Waals surface area (Å²) in [6, 6.07) is 8.35. The van der Waals surface area contributed by atoms with Crippen LogP contribution in [0.5, 0.6) is 0 Å². The fraction of sp³-hybridized carbons (Fsp3) is 0.176. The largest absolute Gasteiger partial charge is 0.299 e. The Hall–Kier alpha value is -1.91. The van der Waals surface area contributed by atoms with Crippen LogP contribution in [0.2, 0.25) is 5.15 Å². The van der Waals surface area contributed by atoms with Gasteiger partial charge in [0.15, 0.2) is 5.15 Å². The number of nitrogens with zero attached hydrogens (tertiary/aromatic N) is 3. The minimum absolute atomic E-state index is 0.327. The van der Waals surface area contributed by atoms with Gasteiger partial charge in [-0.05, 0) is 6.07 Å². The SMILES string of the molecule is CC(C)c1ncc2c(Cl)nc(-c3csc4ccccc34)cn12. The second-order valence-electron chi connectivity index (χ2n) is 5.59. The first kappa shape index (κ1) is 13.7. The highest BCUT2D eigenvalue weighted by Crippen LogP contribution is 2.34. The van der Waals surface area contributed by atoms with Crippen LogP contribution in [0.4, 0.5) is 0 Å². The van der Waals surface area contributed by atoms with E-state index < -0.39 is 0 Å². The van der Waals surface area contributed by atoms with Crippen molar-refractivity contribution in [2.45, 2.75) is 19.8 Å². The van der Waals surface area contributed by atoms with Gasteiger partial charge in [-0.25, -0.2) is 9.97 Å². The summed E-state index contributed by atoms with van der Waals surface area (Å²) in [6.07, 6.45) is 3.83. The molecule has 0 unspecified atom stereocenters. The Balaban J connectivity index is 2.01. The summed E-state index contributed by atoms with van der Waals surface area (Å²) in [5.74, 6) is 1.33. The molecule has 5 heteroatoms. The highest BCUT2D eigenvalue weighted by atomic mass is 35.5. The van der Waals surface area contributed by atoms with Crippen LogP contribution in [-0.2, 0) is 0 Å². The van der Waals surface area contributed by atoms with E-state index in [0.717, 1.165) is 22.6 Å². The monoisotopic (exact) mass is 327 g/mol. The molecular weight excluding hydrogens is 314 g/mol. The second kappa shape index (κ2) is 5.07. The summed E-state index contributed by atoms with van der Waals surface area (Å²) in [5.41, 5.74) is 2.86. The number of benzene rings is 1. The van der Waals surface area contributed by atoms with Gasteiger partial charge in [-0.1, -0.05) is 43.6 Å². The molecule has 3 heterocycles. The van der Waals surface area contributed by atoms with E-state index in [9.17, 15) is 0 Å². The van der Waals surface area contributed by atoms with Crippen molar-refractivity contribution in [2.75, 3.05) is 0 Å². The van der Waals surface area contributed by atoms with Gasteiger partial charge in [0.1, 0.15) is 11.3 Å². The number of thiophene rings is 1. The standard InChI is InChI=1S/C17H14ClN3S/c1-10(2)17-19-7-14-16(18)20-13(8-21(14)17)12-9-22-15-6-4-3-5-11(12)15/h3-10H,1-2H3. The second-order valence-corrected chi connectivity index (χ2v) is 6.86. The predicted octanol–water partition coefficient (Wildman–Crippen LogP) is 5.39. The lowest BCUT2D eigenvalue weighted by Gasteiger charge is -2.07. The lowest BCUT2D eigenvalue weighted by molar-refractivity contribution is 0.769. The normalized spacial score (nSPS) is 11.8. The number of halogens is 1. The van der Waals surface area contributed by atoms with Crippen LogP contribution in [0, 0.1) is 0 Å². The van der Waals surface area contributed by atoms with E-state index in [2.05, 4.69) is 57.9 Å². The molecule has 1 aromatic carbocycles. The maximum Gasteiger partial charge on any atom is 0.155 e. The van der Waals surface area contributed by atoms with Gasteiger partial charge >= 0.3 is 0 Å². The van der Waals surface area contributed by atoms with Crippen molar-refractivity contribution in [3.8, 4) is 11.3 Å². The van der Waals surface area contributed by atoms with Crippen molar-refractivity contribution in [1.82, 2.24) is 14.4 Å². The number of aromatic nitrogens is 3. The van der Waals surface area contributed by atoms with E-state index in [0.29, 0.717) is 11.1 Å². The number of hydrogen-bond acceptors (Lipinski definition) is 3. The number of hydrogen-bond donors (Lipinski definition) is 0. The molecule has 0 aliphatic carbocycles. The molecule has 3 aromatic heterocycles. The molecule has 0 amide bonds. The minimum Gasteiger partial charge on any atom is -0.299 e. The van der Waals surface area contributed by atoms with Crippen LogP contribution in [0.15, 0.2) is 42.0 Å². The van der Waals surface area contributed by atoms with Gasteiger partial charge in [0, 0.05) is 33.1 Å². The molecule has 0 atom stereocenters. The Morgan fingerprint density at radius 1 is 1.23 bits per heavy atom. The fourth-order valence-corrected chi connectivity index (χ4v) is 3.90. The molecule has 0 bridgehead atoms. The molecule has 3 nitrogen and oxygen atoms in total. The zero-order valence-corrected chi connectivity index (χ0v) is 13.8. The molecule has 0 spiro atoms. The van der Waals surface area contributed by atoms with Crippen LogP contribution in [0.25, 0.3) is 26.9 Å². The molecule has 0 N–H and O–H groups in total. The Bertz CT molecular complexity index is 984. The van der Waals surface area contributed by atoms with E-state index >= 15 is 0 Å². The number of imidazole rings is 1. The summed E-state index contributed by atoms with van der Waals surface area (Å²) in [7, 11) is 0. The van der Waals surface area contributed by atoms with Gasteiger partial charge in [-0.2, -0.15) is 0 Å².